The van der Waals surface area contributed by atoms with Crippen molar-refractivity contribution in [2.45, 2.75) is 64.2 Å². The second kappa shape index (κ2) is 15.3. The summed E-state index contributed by atoms with van der Waals surface area (Å²) < 4.78 is 36.0. The number of nitrogens with zero attached hydrogens (tertiary/aromatic N) is 1. The number of likely N-dealkylation sites (tertiary alicyclic amines) is 1. The van der Waals surface area contributed by atoms with Gasteiger partial charge in [0, 0.05) is 13.5 Å². The van der Waals surface area contributed by atoms with Crippen molar-refractivity contribution in [1.29, 1.82) is 0 Å². The predicted octanol–water partition coefficient (Wildman–Crippen LogP) is -2.77. The van der Waals surface area contributed by atoms with Crippen molar-refractivity contribution in [3.05, 3.63) is 0 Å². The van der Waals surface area contributed by atoms with Gasteiger partial charge >= 0.3 is 5.97 Å². The van der Waals surface area contributed by atoms with Gasteiger partial charge < -0.3 is 36.0 Å². The lowest BCUT2D eigenvalue weighted by molar-refractivity contribution is -0.140. The molecule has 1 aliphatic rings. The molecular weight excluding hydrogens is 542 g/mol. The molecule has 1 fully saturated rings. The molecule has 6 N–H and O–H groups in total. The van der Waals surface area contributed by atoms with Crippen molar-refractivity contribution in [2.75, 3.05) is 32.6 Å². The van der Waals surface area contributed by atoms with Crippen molar-refractivity contribution in [2.24, 2.45) is 5.92 Å². The van der Waals surface area contributed by atoms with Crippen LogP contribution in [0.2, 0.25) is 0 Å². The third-order valence-electron chi connectivity index (χ3n) is 5.80. The highest BCUT2D eigenvalue weighted by Crippen LogP contribution is 2.20. The largest absolute Gasteiger partial charge is 0.481 e. The van der Waals surface area contributed by atoms with E-state index in [0.717, 1.165) is 4.90 Å². The molecular formula is C22H37N5O11S. The normalized spacial score (nSPS) is 18.8. The quantitative estimate of drug-likeness (QED) is 0.0808. The summed E-state index contributed by atoms with van der Waals surface area (Å²) in [4.78, 5) is 74.2. The zero-order chi connectivity index (χ0) is 29.9. The average Bonchev–Trinajstić information content (AvgIpc) is 3.11. The van der Waals surface area contributed by atoms with Crippen LogP contribution in [0.5, 0.6) is 0 Å². The second-order valence-electron chi connectivity index (χ2n) is 9.36. The molecule has 1 saturated heterocycles. The number of likely N-dealkylation sites (N-methyl/N-ethyl adjacent to an activating group) is 1. The van der Waals surface area contributed by atoms with Crippen LogP contribution in [0.15, 0.2) is 0 Å². The van der Waals surface area contributed by atoms with Crippen molar-refractivity contribution in [3.63, 3.8) is 0 Å². The van der Waals surface area contributed by atoms with E-state index in [1.54, 1.807) is 13.8 Å². The monoisotopic (exact) mass is 579 g/mol. The van der Waals surface area contributed by atoms with Gasteiger partial charge in [-0.25, -0.2) is 0 Å². The van der Waals surface area contributed by atoms with Crippen molar-refractivity contribution in [3.8, 4) is 0 Å². The van der Waals surface area contributed by atoms with Crippen LogP contribution in [-0.2, 0) is 43.6 Å². The summed E-state index contributed by atoms with van der Waals surface area (Å²) in [5, 5.41) is 18.6. The van der Waals surface area contributed by atoms with Gasteiger partial charge in [0.05, 0.1) is 38.0 Å². The van der Waals surface area contributed by atoms with E-state index in [-0.39, 0.29) is 25.4 Å². The zero-order valence-corrected chi connectivity index (χ0v) is 23.1. The standard InChI is InChI=1S/C22H37N5O11S/c1-12(2)19(21(33)24-13(3)20(32)23-4)26-17(29)10-27-14(11-38-7-8-39(35,36)37)9-15(22(27)34)25-16(28)5-6-18(30)31/h12-15,19H,5-11H2,1-4H3,(H,23,32)(H,24,33)(H,25,28)(H,26,29)(H,30,31)(H,35,36,37)/t13-,14-,15-,19-/m0/s1. The van der Waals surface area contributed by atoms with Gasteiger partial charge in [-0.2, -0.15) is 8.42 Å². The molecule has 1 rings (SSSR count). The topological polar surface area (TPSA) is 238 Å². The summed E-state index contributed by atoms with van der Waals surface area (Å²) in [6, 6.07) is -3.78. The maximum atomic E-state index is 13.0. The van der Waals surface area contributed by atoms with E-state index < -0.39 is 95.1 Å². The number of amides is 5. The highest BCUT2D eigenvalue weighted by Gasteiger charge is 2.41. The molecule has 222 valence electrons. The number of carbonyl (C=O) groups is 6. The minimum atomic E-state index is -4.29. The molecule has 0 spiro atoms. The first-order valence-corrected chi connectivity index (χ1v) is 13.8. The van der Waals surface area contributed by atoms with E-state index in [4.69, 9.17) is 14.4 Å². The Kier molecular flexibility index (Phi) is 13.2. The number of carboxylic acid groups (broad SMARTS) is 1. The maximum absolute atomic E-state index is 13.0. The zero-order valence-electron chi connectivity index (χ0n) is 22.3. The predicted molar refractivity (Wildman–Crippen MR) is 135 cm³/mol. The fraction of sp³-hybridized carbons (Fsp3) is 0.727. The minimum Gasteiger partial charge on any atom is -0.481 e. The van der Waals surface area contributed by atoms with Crippen LogP contribution in [0, 0.1) is 5.92 Å². The average molecular weight is 580 g/mol. The SMILES string of the molecule is CNC(=O)[C@H](C)NC(=O)[C@@H](NC(=O)CN1C(=O)[C@@H](NC(=O)CCC(=O)O)C[C@H]1COCCS(=O)(=O)O)C(C)C. The number of carbonyl (C=O) groups excluding carboxylic acids is 5. The molecule has 17 heteroatoms. The molecule has 0 aromatic rings. The number of carboxylic acids is 1. The first-order valence-electron chi connectivity index (χ1n) is 12.2. The Hall–Kier alpha value is -3.31. The molecule has 5 amide bonds. The fourth-order valence-electron chi connectivity index (χ4n) is 3.73. The molecule has 1 heterocycles. The van der Waals surface area contributed by atoms with Crippen LogP contribution in [0.1, 0.15) is 40.0 Å². The van der Waals surface area contributed by atoms with Gasteiger partial charge in [0.1, 0.15) is 18.1 Å². The number of aliphatic carboxylic acids is 1. The Labute approximate surface area is 226 Å². The molecule has 0 aliphatic carbocycles. The first kappa shape index (κ1) is 33.7. The van der Waals surface area contributed by atoms with Crippen LogP contribution >= 0.6 is 0 Å². The summed E-state index contributed by atoms with van der Waals surface area (Å²) in [7, 11) is -2.88. The summed E-state index contributed by atoms with van der Waals surface area (Å²) >= 11 is 0. The van der Waals surface area contributed by atoms with Gasteiger partial charge in [-0.3, -0.25) is 33.3 Å². The van der Waals surface area contributed by atoms with Crippen molar-refractivity contribution >= 4 is 45.6 Å². The Morgan fingerprint density at radius 3 is 2.23 bits per heavy atom. The molecule has 0 unspecified atom stereocenters. The lowest BCUT2D eigenvalue weighted by Crippen LogP contribution is -2.56. The van der Waals surface area contributed by atoms with E-state index in [2.05, 4.69) is 21.3 Å². The van der Waals surface area contributed by atoms with Gasteiger partial charge in [0.15, 0.2) is 0 Å². The Morgan fingerprint density at radius 2 is 1.69 bits per heavy atom. The summed E-state index contributed by atoms with van der Waals surface area (Å²) in [5.41, 5.74) is 0. The van der Waals surface area contributed by atoms with Gasteiger partial charge in [0.25, 0.3) is 10.1 Å². The Balaban J connectivity index is 2.94. The number of ether oxygens (including phenoxy) is 1. The molecule has 4 atom stereocenters. The van der Waals surface area contributed by atoms with Crippen LogP contribution in [0.4, 0.5) is 0 Å². The third-order valence-corrected chi connectivity index (χ3v) is 6.49. The van der Waals surface area contributed by atoms with E-state index in [9.17, 15) is 37.2 Å². The van der Waals surface area contributed by atoms with Crippen LogP contribution in [0.3, 0.4) is 0 Å². The van der Waals surface area contributed by atoms with Crippen molar-refractivity contribution in [1.82, 2.24) is 26.2 Å². The van der Waals surface area contributed by atoms with Crippen LogP contribution < -0.4 is 21.3 Å². The van der Waals surface area contributed by atoms with E-state index in [1.165, 1.54) is 14.0 Å². The molecule has 16 nitrogen and oxygen atoms in total. The highest BCUT2D eigenvalue weighted by molar-refractivity contribution is 7.85. The smallest absolute Gasteiger partial charge is 0.303 e. The van der Waals surface area contributed by atoms with E-state index in [0.29, 0.717) is 0 Å². The molecule has 0 radical (unpaired) electrons. The second-order valence-corrected chi connectivity index (χ2v) is 10.9. The molecule has 0 aromatic heterocycles. The molecule has 0 aromatic carbocycles. The number of hydrogen-bond acceptors (Lipinski definition) is 9. The Morgan fingerprint density at radius 1 is 1.05 bits per heavy atom. The fourth-order valence-corrected chi connectivity index (χ4v) is 4.06. The van der Waals surface area contributed by atoms with Gasteiger partial charge in [-0.05, 0) is 19.3 Å². The maximum Gasteiger partial charge on any atom is 0.303 e. The summed E-state index contributed by atoms with van der Waals surface area (Å²) in [6.07, 6.45) is -0.832. The lowest BCUT2D eigenvalue weighted by atomic mass is 10.0. The first-order chi connectivity index (χ1) is 18.0. The minimum absolute atomic E-state index is 0.0193. The van der Waals surface area contributed by atoms with Gasteiger partial charge in [-0.1, -0.05) is 13.8 Å². The Bertz CT molecular complexity index is 1030. The molecule has 39 heavy (non-hydrogen) atoms. The van der Waals surface area contributed by atoms with Crippen LogP contribution in [-0.4, -0.2) is 115 Å². The number of hydrogen-bond donors (Lipinski definition) is 6. The van der Waals surface area contributed by atoms with Gasteiger partial charge in [-0.15, -0.1) is 0 Å². The van der Waals surface area contributed by atoms with E-state index >= 15 is 0 Å². The molecule has 0 bridgehead atoms. The third kappa shape index (κ3) is 12.0. The van der Waals surface area contributed by atoms with Crippen LogP contribution in [0.25, 0.3) is 0 Å². The number of rotatable bonds is 16. The summed E-state index contributed by atoms with van der Waals surface area (Å²) in [5.74, 6) is -5.38. The lowest BCUT2D eigenvalue weighted by Gasteiger charge is -2.27. The van der Waals surface area contributed by atoms with Crippen molar-refractivity contribution < 1.29 is 51.6 Å². The van der Waals surface area contributed by atoms with Gasteiger partial charge in [0.2, 0.25) is 29.5 Å². The molecule has 0 saturated carbocycles. The molecule has 1 aliphatic heterocycles. The summed E-state index contributed by atoms with van der Waals surface area (Å²) in [6.45, 7) is 3.66. The van der Waals surface area contributed by atoms with E-state index in [1.807, 2.05) is 0 Å². The number of nitrogens with one attached hydrogen (secondary N) is 4. The highest BCUT2D eigenvalue weighted by atomic mass is 32.2.